The van der Waals surface area contributed by atoms with Crippen LogP contribution in [0.4, 0.5) is 36.3 Å². The Morgan fingerprint density at radius 2 is 2.12 bits per heavy atom. The highest BCUT2D eigenvalue weighted by Crippen LogP contribution is 2.34. The van der Waals surface area contributed by atoms with Gasteiger partial charge < -0.3 is 20.9 Å². The third-order valence-electron chi connectivity index (χ3n) is 5.88. The number of hydrogen-bond acceptors (Lipinski definition) is 6. The van der Waals surface area contributed by atoms with Crippen LogP contribution in [0.1, 0.15) is 43.7 Å². The molecule has 8 nitrogen and oxygen atoms in total. The number of rotatable bonds is 6. The van der Waals surface area contributed by atoms with Crippen LogP contribution in [0.25, 0.3) is 0 Å². The van der Waals surface area contributed by atoms with E-state index in [9.17, 15) is 22.8 Å². The minimum Gasteiger partial charge on any atom is -0.369 e. The number of carbonyl (C=O) groups excluding carboxylic acids is 2. The number of benzene rings is 1. The fraction of sp³-hybridized carbons (Fsp3) is 0.455. The number of halogens is 3. The summed E-state index contributed by atoms with van der Waals surface area (Å²) in [5, 5.41) is 8.43. The van der Waals surface area contributed by atoms with Crippen LogP contribution in [0.3, 0.4) is 0 Å². The quantitative estimate of drug-likeness (QED) is 0.602. The number of nitrogens with one attached hydrogen (secondary N) is 3. The Balaban J connectivity index is 1.48. The van der Waals surface area contributed by atoms with Crippen molar-refractivity contribution in [1.82, 2.24) is 14.9 Å². The van der Waals surface area contributed by atoms with Gasteiger partial charge in [0.1, 0.15) is 11.4 Å². The van der Waals surface area contributed by atoms with E-state index in [1.807, 2.05) is 0 Å². The van der Waals surface area contributed by atoms with Gasteiger partial charge in [-0.1, -0.05) is 0 Å². The lowest BCUT2D eigenvalue weighted by atomic mass is 9.99. The first-order chi connectivity index (χ1) is 15.7. The van der Waals surface area contributed by atoms with E-state index in [1.165, 1.54) is 6.92 Å². The SMILES string of the molecule is CC(=O)N1CCCCC1CCNc1nc(Nc2ccc3c(c2)CC(=O)N3)ncc1C(F)(F)F. The van der Waals surface area contributed by atoms with Crippen molar-refractivity contribution in [2.75, 3.05) is 29.0 Å². The number of amides is 2. The Labute approximate surface area is 189 Å². The highest BCUT2D eigenvalue weighted by atomic mass is 19.4. The second-order valence-electron chi connectivity index (χ2n) is 8.25. The Kier molecular flexibility index (Phi) is 6.39. The predicted molar refractivity (Wildman–Crippen MR) is 117 cm³/mol. The van der Waals surface area contributed by atoms with E-state index >= 15 is 0 Å². The normalized spacial score (nSPS) is 18.0. The Hall–Kier alpha value is -3.37. The van der Waals surface area contributed by atoms with Gasteiger partial charge >= 0.3 is 6.18 Å². The van der Waals surface area contributed by atoms with Crippen LogP contribution >= 0.6 is 0 Å². The monoisotopic (exact) mass is 462 g/mol. The molecule has 3 heterocycles. The minimum absolute atomic E-state index is 0.000234. The number of anilines is 4. The van der Waals surface area contributed by atoms with Crippen LogP contribution in [0, 0.1) is 0 Å². The Morgan fingerprint density at radius 3 is 2.88 bits per heavy atom. The molecule has 1 unspecified atom stereocenters. The molecule has 3 N–H and O–H groups in total. The smallest absolute Gasteiger partial charge is 0.369 e. The summed E-state index contributed by atoms with van der Waals surface area (Å²) in [6.45, 7) is 2.43. The summed E-state index contributed by atoms with van der Waals surface area (Å²) in [6.07, 6.45) is -0.338. The van der Waals surface area contributed by atoms with Crippen molar-refractivity contribution in [3.63, 3.8) is 0 Å². The lowest BCUT2D eigenvalue weighted by Gasteiger charge is -2.35. The number of likely N-dealkylation sites (tertiary alicyclic amines) is 1. The van der Waals surface area contributed by atoms with E-state index in [4.69, 9.17) is 0 Å². The average Bonchev–Trinajstić information content (AvgIpc) is 3.12. The zero-order chi connectivity index (χ0) is 23.6. The molecule has 0 aliphatic carbocycles. The van der Waals surface area contributed by atoms with Crippen LogP contribution in [-0.4, -0.2) is 45.8 Å². The molecule has 2 amide bonds. The summed E-state index contributed by atoms with van der Waals surface area (Å²) in [6, 6.07) is 5.15. The molecule has 11 heteroatoms. The van der Waals surface area contributed by atoms with Crippen molar-refractivity contribution in [2.24, 2.45) is 0 Å². The van der Waals surface area contributed by atoms with Crippen LogP contribution in [0.15, 0.2) is 24.4 Å². The molecule has 1 aromatic heterocycles. The molecule has 0 saturated carbocycles. The predicted octanol–water partition coefficient (Wildman–Crippen LogP) is 3.94. The summed E-state index contributed by atoms with van der Waals surface area (Å²) >= 11 is 0. The summed E-state index contributed by atoms with van der Waals surface area (Å²) in [4.78, 5) is 33.0. The van der Waals surface area contributed by atoms with Crippen LogP contribution in [-0.2, 0) is 22.2 Å². The minimum atomic E-state index is -4.61. The largest absolute Gasteiger partial charge is 0.421 e. The van der Waals surface area contributed by atoms with E-state index in [1.54, 1.807) is 23.1 Å². The third-order valence-corrected chi connectivity index (χ3v) is 5.88. The molecular weight excluding hydrogens is 437 g/mol. The lowest BCUT2D eigenvalue weighted by Crippen LogP contribution is -2.43. The fourth-order valence-corrected chi connectivity index (χ4v) is 4.29. The van der Waals surface area contributed by atoms with Crippen LogP contribution in [0.2, 0.25) is 0 Å². The van der Waals surface area contributed by atoms with Gasteiger partial charge in [0.2, 0.25) is 17.8 Å². The molecule has 2 aromatic rings. The fourth-order valence-electron chi connectivity index (χ4n) is 4.29. The summed E-state index contributed by atoms with van der Waals surface area (Å²) < 4.78 is 40.5. The van der Waals surface area contributed by atoms with E-state index in [0.29, 0.717) is 24.3 Å². The van der Waals surface area contributed by atoms with E-state index < -0.39 is 11.7 Å². The van der Waals surface area contributed by atoms with Gasteiger partial charge in [0.15, 0.2) is 0 Å². The van der Waals surface area contributed by atoms with Gasteiger partial charge in [-0.15, -0.1) is 0 Å². The maximum absolute atomic E-state index is 13.5. The molecule has 0 bridgehead atoms. The van der Waals surface area contributed by atoms with E-state index in [2.05, 4.69) is 25.9 Å². The Bertz CT molecular complexity index is 1060. The summed E-state index contributed by atoms with van der Waals surface area (Å²) in [5.74, 6) is -0.440. The highest BCUT2D eigenvalue weighted by Gasteiger charge is 2.35. The number of alkyl halides is 3. The number of hydrogen-bond donors (Lipinski definition) is 3. The average molecular weight is 462 g/mol. The number of aromatic nitrogens is 2. The molecule has 33 heavy (non-hydrogen) atoms. The van der Waals surface area contributed by atoms with E-state index in [-0.39, 0.29) is 42.6 Å². The number of nitrogens with zero attached hydrogens (tertiary/aromatic N) is 3. The topological polar surface area (TPSA) is 99.3 Å². The van der Waals surface area contributed by atoms with Crippen molar-refractivity contribution >= 4 is 35.0 Å². The molecule has 0 spiro atoms. The van der Waals surface area contributed by atoms with Crippen molar-refractivity contribution in [2.45, 2.75) is 51.2 Å². The molecule has 1 aromatic carbocycles. The Morgan fingerprint density at radius 1 is 1.30 bits per heavy atom. The number of fused-ring (bicyclic) bond motifs is 1. The van der Waals surface area contributed by atoms with Crippen molar-refractivity contribution in [1.29, 1.82) is 0 Å². The first-order valence-electron chi connectivity index (χ1n) is 10.9. The molecule has 176 valence electrons. The van der Waals surface area contributed by atoms with Crippen molar-refractivity contribution in [3.8, 4) is 0 Å². The molecule has 1 fully saturated rings. The van der Waals surface area contributed by atoms with Gasteiger partial charge in [0, 0.05) is 43.6 Å². The third kappa shape index (κ3) is 5.35. The molecular formula is C22H25F3N6O2. The molecule has 1 saturated heterocycles. The molecule has 1 atom stereocenters. The van der Waals surface area contributed by atoms with Gasteiger partial charge in [-0.05, 0) is 49.4 Å². The first-order valence-corrected chi connectivity index (χ1v) is 10.9. The zero-order valence-electron chi connectivity index (χ0n) is 18.1. The molecule has 0 radical (unpaired) electrons. The van der Waals surface area contributed by atoms with Gasteiger partial charge in [-0.2, -0.15) is 18.2 Å². The summed E-state index contributed by atoms with van der Waals surface area (Å²) in [5.41, 5.74) is 1.11. The maximum Gasteiger partial charge on any atom is 0.421 e. The standard InChI is InChI=1S/C22H25F3N6O2/c1-13(32)31-9-3-2-4-16(31)7-8-26-20-17(22(23,24)25)12-27-21(30-20)28-15-5-6-18-14(10-15)11-19(33)29-18/h5-6,10,12,16H,2-4,7-9,11H2,1H3,(H,29,33)(H2,26,27,28,30). The molecule has 4 rings (SSSR count). The van der Waals surface area contributed by atoms with Crippen molar-refractivity contribution < 1.29 is 22.8 Å². The van der Waals surface area contributed by atoms with E-state index in [0.717, 1.165) is 31.0 Å². The lowest BCUT2D eigenvalue weighted by molar-refractivity contribution is -0.137. The maximum atomic E-state index is 13.5. The van der Waals surface area contributed by atoms with Crippen LogP contribution < -0.4 is 16.0 Å². The molecule has 2 aliphatic rings. The van der Waals surface area contributed by atoms with Crippen LogP contribution in [0.5, 0.6) is 0 Å². The molecule has 2 aliphatic heterocycles. The van der Waals surface area contributed by atoms with Gasteiger partial charge in [0.25, 0.3) is 0 Å². The van der Waals surface area contributed by atoms with Crippen molar-refractivity contribution in [3.05, 3.63) is 35.5 Å². The van der Waals surface area contributed by atoms with Gasteiger partial charge in [0.05, 0.1) is 6.42 Å². The number of carbonyl (C=O) groups is 2. The highest BCUT2D eigenvalue weighted by molar-refractivity contribution is 5.99. The first kappa shape index (κ1) is 22.8. The number of piperidine rings is 1. The second-order valence-corrected chi connectivity index (χ2v) is 8.25. The zero-order valence-corrected chi connectivity index (χ0v) is 18.1. The van der Waals surface area contributed by atoms with Gasteiger partial charge in [-0.3, -0.25) is 9.59 Å². The summed E-state index contributed by atoms with van der Waals surface area (Å²) in [7, 11) is 0. The van der Waals surface area contributed by atoms with Gasteiger partial charge in [-0.25, -0.2) is 4.98 Å². The second kappa shape index (κ2) is 9.24.